The number of aromatic nitrogens is 2. The number of alkyl carbamates (subject to hydrolysis) is 1. The van der Waals surface area contributed by atoms with Crippen LogP contribution in [0.3, 0.4) is 0 Å². The maximum atomic E-state index is 14.1. The predicted octanol–water partition coefficient (Wildman–Crippen LogP) is 7.22. The van der Waals surface area contributed by atoms with Crippen LogP contribution in [-0.2, 0) is 9.47 Å². The van der Waals surface area contributed by atoms with E-state index < -0.39 is 29.9 Å². The molecule has 2 aliphatic rings. The number of halogens is 1. The summed E-state index contributed by atoms with van der Waals surface area (Å²) >= 11 is 6.49. The van der Waals surface area contributed by atoms with Crippen LogP contribution in [0.25, 0.3) is 22.0 Å². The summed E-state index contributed by atoms with van der Waals surface area (Å²) in [6.07, 6.45) is 0.264. The van der Waals surface area contributed by atoms with Crippen molar-refractivity contribution >= 4 is 34.7 Å². The summed E-state index contributed by atoms with van der Waals surface area (Å²) in [4.78, 5) is 46.7. The van der Waals surface area contributed by atoms with Crippen LogP contribution in [0.1, 0.15) is 75.5 Å². The summed E-state index contributed by atoms with van der Waals surface area (Å²) in [6, 6.07) is 20.3. The van der Waals surface area contributed by atoms with Crippen LogP contribution in [0.4, 0.5) is 9.59 Å². The Morgan fingerprint density at radius 2 is 1.69 bits per heavy atom. The van der Waals surface area contributed by atoms with Gasteiger partial charge in [0.25, 0.3) is 5.56 Å². The molecule has 6 rings (SSSR count). The van der Waals surface area contributed by atoms with E-state index in [0.717, 1.165) is 22.3 Å². The lowest BCUT2D eigenvalue weighted by Crippen LogP contribution is -2.46. The molecule has 4 aromatic rings. The number of fused-ring (bicyclic) bond motifs is 4. The zero-order chi connectivity index (χ0) is 31.9. The minimum atomic E-state index is -0.686. The quantitative estimate of drug-likeness (QED) is 0.250. The van der Waals surface area contributed by atoms with E-state index in [-0.39, 0.29) is 24.6 Å². The van der Waals surface area contributed by atoms with Gasteiger partial charge in [-0.05, 0) is 74.9 Å². The summed E-state index contributed by atoms with van der Waals surface area (Å²) in [5.41, 5.74) is 3.99. The number of ether oxygens (including phenoxy) is 2. The van der Waals surface area contributed by atoms with Crippen molar-refractivity contribution in [1.82, 2.24) is 19.8 Å². The minimum absolute atomic E-state index is 0.0846. The molecule has 2 atom stereocenters. The summed E-state index contributed by atoms with van der Waals surface area (Å²) < 4.78 is 13.0. The fourth-order valence-electron chi connectivity index (χ4n) is 6.42. The molecule has 0 bridgehead atoms. The molecule has 1 aromatic heterocycles. The number of carbonyl (C=O) groups is 2. The first-order valence-corrected chi connectivity index (χ1v) is 15.7. The normalized spacial score (nSPS) is 17.0. The molecule has 9 nitrogen and oxygen atoms in total. The fourth-order valence-corrected chi connectivity index (χ4v) is 6.67. The Kier molecular flexibility index (Phi) is 8.31. The fraction of sp³-hybridized carbons (Fsp3) is 0.371. The van der Waals surface area contributed by atoms with E-state index >= 15 is 0 Å². The van der Waals surface area contributed by atoms with Gasteiger partial charge in [0.05, 0.1) is 28.0 Å². The molecule has 1 aliphatic heterocycles. The van der Waals surface area contributed by atoms with Gasteiger partial charge in [-0.1, -0.05) is 66.2 Å². The van der Waals surface area contributed by atoms with Gasteiger partial charge >= 0.3 is 12.2 Å². The van der Waals surface area contributed by atoms with Gasteiger partial charge in [-0.3, -0.25) is 9.36 Å². The van der Waals surface area contributed by atoms with E-state index in [0.29, 0.717) is 41.1 Å². The number of carbonyl (C=O) groups excluding carboxylic acids is 2. The van der Waals surface area contributed by atoms with E-state index in [4.69, 9.17) is 26.1 Å². The van der Waals surface area contributed by atoms with Gasteiger partial charge in [-0.25, -0.2) is 14.6 Å². The number of benzene rings is 3. The second-order valence-electron chi connectivity index (χ2n) is 12.7. The summed E-state index contributed by atoms with van der Waals surface area (Å²) in [5.74, 6) is 0.276. The van der Waals surface area contributed by atoms with Crippen molar-refractivity contribution in [2.45, 2.75) is 64.1 Å². The lowest BCUT2D eigenvalue weighted by atomic mass is 9.98. The highest BCUT2D eigenvalue weighted by Gasteiger charge is 2.33. The minimum Gasteiger partial charge on any atom is -0.449 e. The van der Waals surface area contributed by atoms with E-state index in [2.05, 4.69) is 29.6 Å². The SMILES string of the molecule is C[C@H](NC(=O)OCC1c2ccccc2-c2ccccc21)c1nc2cccc(Cl)c2c(=O)n1[C@@H]1CCCN(C(=O)OC(C)(C)C)C1. The van der Waals surface area contributed by atoms with Crippen molar-refractivity contribution in [2.24, 2.45) is 0 Å². The Labute approximate surface area is 267 Å². The smallest absolute Gasteiger partial charge is 0.410 e. The predicted molar refractivity (Wildman–Crippen MR) is 174 cm³/mol. The van der Waals surface area contributed by atoms with Crippen LogP contribution < -0.4 is 10.9 Å². The lowest BCUT2D eigenvalue weighted by molar-refractivity contribution is 0.0169. The van der Waals surface area contributed by atoms with E-state index in [1.807, 2.05) is 45.0 Å². The van der Waals surface area contributed by atoms with Crippen LogP contribution in [0, 0.1) is 0 Å². The first-order valence-electron chi connectivity index (χ1n) is 15.3. The first kappa shape index (κ1) is 30.6. The highest BCUT2D eigenvalue weighted by atomic mass is 35.5. The van der Waals surface area contributed by atoms with Crippen molar-refractivity contribution < 1.29 is 19.1 Å². The Morgan fingerprint density at radius 3 is 2.36 bits per heavy atom. The monoisotopic (exact) mass is 628 g/mol. The van der Waals surface area contributed by atoms with Crippen LogP contribution >= 0.6 is 11.6 Å². The van der Waals surface area contributed by atoms with Crippen LogP contribution in [0.2, 0.25) is 5.02 Å². The van der Waals surface area contributed by atoms with Crippen LogP contribution in [-0.4, -0.2) is 51.9 Å². The largest absolute Gasteiger partial charge is 0.449 e. The third-order valence-electron chi connectivity index (χ3n) is 8.38. The number of nitrogens with one attached hydrogen (secondary N) is 1. The summed E-state index contributed by atoms with van der Waals surface area (Å²) in [5, 5.41) is 3.49. The number of nitrogens with zero attached hydrogens (tertiary/aromatic N) is 3. The topological polar surface area (TPSA) is 103 Å². The van der Waals surface area contributed by atoms with Gasteiger partial charge in [0.2, 0.25) is 0 Å². The molecule has 3 aromatic carbocycles. The highest BCUT2D eigenvalue weighted by Crippen LogP contribution is 2.44. The van der Waals surface area contributed by atoms with Gasteiger partial charge in [0.15, 0.2) is 0 Å². The number of piperidine rings is 1. The zero-order valence-corrected chi connectivity index (χ0v) is 26.6. The van der Waals surface area contributed by atoms with Gasteiger partial charge < -0.3 is 19.7 Å². The number of hydrogen-bond donors (Lipinski definition) is 1. The average Bonchev–Trinajstić information content (AvgIpc) is 3.32. The molecule has 2 amide bonds. The maximum absolute atomic E-state index is 14.1. The van der Waals surface area contributed by atoms with Crippen LogP contribution in [0.5, 0.6) is 0 Å². The molecule has 0 unspecified atom stereocenters. The van der Waals surface area contributed by atoms with Crippen molar-refractivity contribution in [3.8, 4) is 11.1 Å². The summed E-state index contributed by atoms with van der Waals surface area (Å²) in [6.45, 7) is 8.17. The molecule has 0 saturated carbocycles. The summed E-state index contributed by atoms with van der Waals surface area (Å²) in [7, 11) is 0. The number of likely N-dealkylation sites (tertiary alicyclic amines) is 1. The molecule has 1 N–H and O–H groups in total. The molecular weight excluding hydrogens is 592 g/mol. The van der Waals surface area contributed by atoms with Gasteiger partial charge in [0.1, 0.15) is 18.0 Å². The maximum Gasteiger partial charge on any atom is 0.410 e. The lowest BCUT2D eigenvalue weighted by Gasteiger charge is -2.36. The molecular formula is C35H37ClN4O5. The highest BCUT2D eigenvalue weighted by molar-refractivity contribution is 6.35. The standard InChI is InChI=1S/C35H37ClN4O5/c1-21(37-33(42)44-20-27-25-14-7-5-12-23(25)24-13-6-8-15-26(24)27)31-38-29-17-9-16-28(36)30(29)32(41)40(31)22-11-10-18-39(19-22)34(43)45-35(2,3)4/h5-9,12-17,21-22,27H,10-11,18-20H2,1-4H3,(H,37,42)/t21-,22+/m0/s1. The van der Waals surface area contributed by atoms with Crippen molar-refractivity contribution in [3.05, 3.63) is 99.1 Å². The van der Waals surface area contributed by atoms with Gasteiger partial charge in [-0.2, -0.15) is 0 Å². The third-order valence-corrected chi connectivity index (χ3v) is 8.70. The Bertz CT molecular complexity index is 1790. The molecule has 10 heteroatoms. The van der Waals surface area contributed by atoms with Crippen molar-refractivity contribution in [2.75, 3.05) is 19.7 Å². The van der Waals surface area contributed by atoms with Gasteiger partial charge in [0, 0.05) is 19.0 Å². The van der Waals surface area contributed by atoms with E-state index in [1.54, 1.807) is 34.6 Å². The molecule has 1 aliphatic carbocycles. The molecule has 45 heavy (non-hydrogen) atoms. The average molecular weight is 629 g/mol. The molecule has 1 fully saturated rings. The number of amides is 2. The second-order valence-corrected chi connectivity index (χ2v) is 13.1. The second kappa shape index (κ2) is 12.2. The number of rotatable bonds is 5. The van der Waals surface area contributed by atoms with E-state index in [1.165, 1.54) is 0 Å². The third kappa shape index (κ3) is 6.14. The molecule has 1 saturated heterocycles. The Balaban J connectivity index is 1.26. The van der Waals surface area contributed by atoms with Crippen LogP contribution in [0.15, 0.2) is 71.5 Å². The molecule has 0 spiro atoms. The molecule has 0 radical (unpaired) electrons. The Hall–Kier alpha value is -4.37. The zero-order valence-electron chi connectivity index (χ0n) is 25.9. The first-order chi connectivity index (χ1) is 21.5. The van der Waals surface area contributed by atoms with E-state index in [9.17, 15) is 14.4 Å². The Morgan fingerprint density at radius 1 is 1.02 bits per heavy atom. The molecule has 234 valence electrons. The molecule has 2 heterocycles. The van der Waals surface area contributed by atoms with Crippen molar-refractivity contribution in [3.63, 3.8) is 0 Å². The van der Waals surface area contributed by atoms with Gasteiger partial charge in [-0.15, -0.1) is 0 Å². The number of hydrogen-bond acceptors (Lipinski definition) is 6. The van der Waals surface area contributed by atoms with Crippen molar-refractivity contribution in [1.29, 1.82) is 0 Å².